The zero-order chi connectivity index (χ0) is 17.0. The minimum absolute atomic E-state index is 0.0336. The van der Waals surface area contributed by atoms with E-state index in [9.17, 15) is 9.59 Å². The van der Waals surface area contributed by atoms with Crippen molar-refractivity contribution in [2.45, 2.75) is 52.1 Å². The minimum atomic E-state index is -0.148. The molecular weight excluding hydrogens is 294 g/mol. The van der Waals surface area contributed by atoms with E-state index in [4.69, 9.17) is 0 Å². The molecule has 7 heteroatoms. The third-order valence-electron chi connectivity index (χ3n) is 4.26. The van der Waals surface area contributed by atoms with Crippen LogP contribution in [0.2, 0.25) is 0 Å². The van der Waals surface area contributed by atoms with E-state index in [1.54, 1.807) is 25.0 Å². The Bertz CT molecular complexity index is 552. The van der Waals surface area contributed by atoms with Crippen molar-refractivity contribution in [2.24, 2.45) is 5.92 Å². The molecule has 7 nitrogen and oxygen atoms in total. The predicted octanol–water partition coefficient (Wildman–Crippen LogP) is 1.41. The Hall–Kier alpha value is -1.92. The molecule has 0 spiro atoms. The van der Waals surface area contributed by atoms with Crippen molar-refractivity contribution in [1.82, 2.24) is 24.8 Å². The Kier molecular flexibility index (Phi) is 5.74. The molecule has 0 aromatic carbocycles. The molecule has 2 heterocycles. The summed E-state index contributed by atoms with van der Waals surface area (Å²) >= 11 is 0. The van der Waals surface area contributed by atoms with Gasteiger partial charge < -0.3 is 9.80 Å². The van der Waals surface area contributed by atoms with Gasteiger partial charge in [-0.15, -0.1) is 5.10 Å². The van der Waals surface area contributed by atoms with Crippen molar-refractivity contribution in [1.29, 1.82) is 0 Å². The second-order valence-electron chi connectivity index (χ2n) is 6.69. The average molecular weight is 321 g/mol. The number of hydrogen-bond acceptors (Lipinski definition) is 4. The normalized spacial score (nSPS) is 18.3. The van der Waals surface area contributed by atoms with Gasteiger partial charge in [0.2, 0.25) is 5.91 Å². The van der Waals surface area contributed by atoms with Crippen LogP contribution in [0, 0.1) is 5.92 Å². The molecule has 1 aliphatic heterocycles. The number of piperidine rings is 1. The number of likely N-dealkylation sites (tertiary alicyclic amines) is 1. The van der Waals surface area contributed by atoms with E-state index in [0.29, 0.717) is 12.2 Å². The zero-order valence-corrected chi connectivity index (χ0v) is 14.5. The molecule has 2 rings (SSSR count). The standard InChI is InChI=1S/C16H27N5O2/c1-12(2)15(22)21-9-6-5-7-13(21)8-10-20-11-14(17-18-20)16(23)19(3)4/h11-13H,5-10H2,1-4H3. The highest BCUT2D eigenvalue weighted by molar-refractivity contribution is 5.91. The first kappa shape index (κ1) is 17.4. The van der Waals surface area contributed by atoms with Crippen LogP contribution in [0.4, 0.5) is 0 Å². The number of hydrogen-bond donors (Lipinski definition) is 0. The van der Waals surface area contributed by atoms with E-state index in [0.717, 1.165) is 32.2 Å². The fourth-order valence-electron chi connectivity index (χ4n) is 2.94. The molecule has 1 unspecified atom stereocenters. The maximum Gasteiger partial charge on any atom is 0.275 e. The van der Waals surface area contributed by atoms with Crippen molar-refractivity contribution < 1.29 is 9.59 Å². The summed E-state index contributed by atoms with van der Waals surface area (Å²) in [4.78, 5) is 27.7. The molecule has 1 atom stereocenters. The van der Waals surface area contributed by atoms with Crippen LogP contribution in [0.5, 0.6) is 0 Å². The van der Waals surface area contributed by atoms with Crippen LogP contribution >= 0.6 is 0 Å². The summed E-state index contributed by atoms with van der Waals surface area (Å²) in [5.74, 6) is 0.119. The second-order valence-corrected chi connectivity index (χ2v) is 6.69. The summed E-state index contributed by atoms with van der Waals surface area (Å²) in [6, 6.07) is 0.260. The molecule has 1 saturated heterocycles. The third kappa shape index (κ3) is 4.30. The van der Waals surface area contributed by atoms with Crippen LogP contribution in [0.15, 0.2) is 6.20 Å². The Morgan fingerprint density at radius 3 is 2.74 bits per heavy atom. The van der Waals surface area contributed by atoms with Crippen molar-refractivity contribution in [3.63, 3.8) is 0 Å². The van der Waals surface area contributed by atoms with Crippen molar-refractivity contribution in [3.8, 4) is 0 Å². The lowest BCUT2D eigenvalue weighted by Gasteiger charge is -2.37. The van der Waals surface area contributed by atoms with Gasteiger partial charge in [0.25, 0.3) is 5.91 Å². The number of carbonyl (C=O) groups excluding carboxylic acids is 2. The van der Waals surface area contributed by atoms with Gasteiger partial charge in [-0.1, -0.05) is 19.1 Å². The van der Waals surface area contributed by atoms with Crippen LogP contribution in [0.1, 0.15) is 50.0 Å². The molecule has 1 fully saturated rings. The van der Waals surface area contributed by atoms with E-state index >= 15 is 0 Å². The van der Waals surface area contributed by atoms with E-state index in [2.05, 4.69) is 10.3 Å². The minimum Gasteiger partial charge on any atom is -0.343 e. The fourth-order valence-corrected chi connectivity index (χ4v) is 2.94. The number of carbonyl (C=O) groups is 2. The van der Waals surface area contributed by atoms with E-state index < -0.39 is 0 Å². The number of nitrogens with zero attached hydrogens (tertiary/aromatic N) is 5. The highest BCUT2D eigenvalue weighted by atomic mass is 16.2. The molecule has 0 saturated carbocycles. The largest absolute Gasteiger partial charge is 0.343 e. The molecule has 1 aliphatic rings. The summed E-state index contributed by atoms with van der Waals surface area (Å²) in [6.07, 6.45) is 5.81. The topological polar surface area (TPSA) is 71.3 Å². The highest BCUT2D eigenvalue weighted by Crippen LogP contribution is 2.22. The van der Waals surface area contributed by atoms with Crippen LogP contribution in [-0.4, -0.2) is 63.3 Å². The maximum atomic E-state index is 12.3. The number of aromatic nitrogens is 3. The summed E-state index contributed by atoms with van der Waals surface area (Å²) in [5.41, 5.74) is 0.355. The third-order valence-corrected chi connectivity index (χ3v) is 4.26. The molecule has 23 heavy (non-hydrogen) atoms. The van der Waals surface area contributed by atoms with Gasteiger partial charge in [0.05, 0.1) is 6.20 Å². The Labute approximate surface area is 137 Å². The summed E-state index contributed by atoms with van der Waals surface area (Å²) in [6.45, 7) is 5.42. The van der Waals surface area contributed by atoms with Gasteiger partial charge in [-0.05, 0) is 25.7 Å². The quantitative estimate of drug-likeness (QED) is 0.822. The van der Waals surface area contributed by atoms with Gasteiger partial charge >= 0.3 is 0 Å². The lowest BCUT2D eigenvalue weighted by Crippen LogP contribution is -2.46. The van der Waals surface area contributed by atoms with Crippen LogP contribution in [0.3, 0.4) is 0 Å². The first-order chi connectivity index (χ1) is 10.9. The number of aryl methyl sites for hydroxylation is 1. The molecular formula is C16H27N5O2. The SMILES string of the molecule is CC(C)C(=O)N1CCCCC1CCn1cc(C(=O)N(C)C)nn1. The summed E-state index contributed by atoms with van der Waals surface area (Å²) < 4.78 is 1.70. The van der Waals surface area contributed by atoms with Crippen molar-refractivity contribution in [2.75, 3.05) is 20.6 Å². The average Bonchev–Trinajstić information content (AvgIpc) is 3.00. The zero-order valence-electron chi connectivity index (χ0n) is 14.5. The van der Waals surface area contributed by atoms with Gasteiger partial charge in [-0.3, -0.25) is 14.3 Å². The first-order valence-electron chi connectivity index (χ1n) is 8.32. The number of rotatable bonds is 5. The van der Waals surface area contributed by atoms with Gasteiger partial charge in [-0.25, -0.2) is 0 Å². The molecule has 0 radical (unpaired) electrons. The monoisotopic (exact) mass is 321 g/mol. The summed E-state index contributed by atoms with van der Waals surface area (Å²) in [7, 11) is 3.39. The molecule has 2 amide bonds. The van der Waals surface area contributed by atoms with Gasteiger partial charge in [0.1, 0.15) is 0 Å². The number of amides is 2. The van der Waals surface area contributed by atoms with Crippen LogP contribution in [0.25, 0.3) is 0 Å². The van der Waals surface area contributed by atoms with Crippen LogP contribution < -0.4 is 0 Å². The molecule has 0 aliphatic carbocycles. The maximum absolute atomic E-state index is 12.3. The second kappa shape index (κ2) is 7.57. The Morgan fingerprint density at radius 1 is 1.35 bits per heavy atom. The summed E-state index contributed by atoms with van der Waals surface area (Å²) in [5, 5.41) is 7.95. The van der Waals surface area contributed by atoms with Gasteiger partial charge in [0.15, 0.2) is 5.69 Å². The van der Waals surface area contributed by atoms with Crippen molar-refractivity contribution >= 4 is 11.8 Å². The van der Waals surface area contributed by atoms with Crippen LogP contribution in [-0.2, 0) is 11.3 Å². The lowest BCUT2D eigenvalue weighted by atomic mass is 9.97. The van der Waals surface area contributed by atoms with E-state index in [1.165, 1.54) is 4.90 Å². The van der Waals surface area contributed by atoms with Gasteiger partial charge in [0, 0.05) is 39.1 Å². The Balaban J connectivity index is 1.96. The van der Waals surface area contributed by atoms with Crippen molar-refractivity contribution in [3.05, 3.63) is 11.9 Å². The predicted molar refractivity (Wildman–Crippen MR) is 86.8 cm³/mol. The molecule has 0 N–H and O–H groups in total. The van der Waals surface area contributed by atoms with E-state index in [-0.39, 0.29) is 23.8 Å². The lowest BCUT2D eigenvalue weighted by molar-refractivity contribution is -0.138. The van der Waals surface area contributed by atoms with Gasteiger partial charge in [-0.2, -0.15) is 0 Å². The molecule has 1 aromatic rings. The highest BCUT2D eigenvalue weighted by Gasteiger charge is 2.28. The first-order valence-corrected chi connectivity index (χ1v) is 8.32. The Morgan fingerprint density at radius 2 is 2.09 bits per heavy atom. The molecule has 0 bridgehead atoms. The molecule has 1 aromatic heterocycles. The van der Waals surface area contributed by atoms with E-state index in [1.807, 2.05) is 18.7 Å². The fraction of sp³-hybridized carbons (Fsp3) is 0.750. The molecule has 128 valence electrons. The smallest absolute Gasteiger partial charge is 0.275 e.